The Labute approximate surface area is 164 Å². The molecule has 0 saturated heterocycles. The van der Waals surface area contributed by atoms with Crippen LogP contribution in [0.4, 0.5) is 17.5 Å². The minimum Gasteiger partial charge on any atom is -0.368 e. The molecule has 2 aromatic carbocycles. The highest BCUT2D eigenvalue weighted by Crippen LogP contribution is 2.21. The summed E-state index contributed by atoms with van der Waals surface area (Å²) in [7, 11) is -3.67. The van der Waals surface area contributed by atoms with Gasteiger partial charge in [-0.15, -0.1) is 5.10 Å². The monoisotopic (exact) mass is 398 g/mol. The maximum absolute atomic E-state index is 11.3. The third kappa shape index (κ3) is 5.02. The summed E-state index contributed by atoms with van der Waals surface area (Å²) in [5.41, 5.74) is 1.99. The largest absolute Gasteiger partial charge is 0.368 e. The number of aromatic nitrogens is 3. The van der Waals surface area contributed by atoms with E-state index < -0.39 is 10.0 Å². The molecule has 0 amide bonds. The van der Waals surface area contributed by atoms with E-state index in [9.17, 15) is 8.42 Å². The Morgan fingerprint density at radius 2 is 1.79 bits per heavy atom. The molecule has 3 rings (SSSR count). The van der Waals surface area contributed by atoms with Gasteiger partial charge < -0.3 is 10.2 Å². The van der Waals surface area contributed by atoms with E-state index in [1.165, 1.54) is 12.1 Å². The van der Waals surface area contributed by atoms with Crippen LogP contribution in [-0.2, 0) is 16.4 Å². The minimum atomic E-state index is -3.67. The molecule has 0 aliphatic rings. The zero-order valence-corrected chi connectivity index (χ0v) is 16.3. The number of nitrogens with zero attached hydrogens (tertiary/aromatic N) is 4. The lowest BCUT2D eigenvalue weighted by molar-refractivity contribution is 0.598. The number of primary sulfonamides is 1. The molecule has 0 saturated carbocycles. The predicted molar refractivity (Wildman–Crippen MR) is 109 cm³/mol. The van der Waals surface area contributed by atoms with Crippen molar-refractivity contribution in [2.24, 2.45) is 5.14 Å². The van der Waals surface area contributed by atoms with Crippen LogP contribution in [0.5, 0.6) is 0 Å². The van der Waals surface area contributed by atoms with Gasteiger partial charge in [-0.1, -0.05) is 30.3 Å². The molecule has 8 nitrogen and oxygen atoms in total. The number of sulfonamides is 1. The van der Waals surface area contributed by atoms with Crippen LogP contribution in [0.25, 0.3) is 0 Å². The van der Waals surface area contributed by atoms with Gasteiger partial charge in [0.15, 0.2) is 5.82 Å². The maximum Gasteiger partial charge on any atom is 0.251 e. The van der Waals surface area contributed by atoms with E-state index in [1.54, 1.807) is 18.3 Å². The van der Waals surface area contributed by atoms with Gasteiger partial charge in [-0.05, 0) is 43.2 Å². The molecule has 1 heterocycles. The average molecular weight is 398 g/mol. The zero-order valence-electron chi connectivity index (χ0n) is 15.5. The molecule has 28 heavy (non-hydrogen) atoms. The lowest BCUT2D eigenvalue weighted by Gasteiger charge is -2.20. The van der Waals surface area contributed by atoms with Crippen LogP contribution >= 0.6 is 0 Å². The minimum absolute atomic E-state index is 0.106. The number of nitrogens with two attached hydrogens (primary N) is 1. The third-order valence-corrected chi connectivity index (χ3v) is 5.07. The second-order valence-corrected chi connectivity index (χ2v) is 7.65. The van der Waals surface area contributed by atoms with E-state index in [1.807, 2.05) is 42.2 Å². The average Bonchev–Trinajstić information content (AvgIpc) is 2.70. The highest BCUT2D eigenvalue weighted by molar-refractivity contribution is 7.89. The van der Waals surface area contributed by atoms with Crippen molar-refractivity contribution in [3.63, 3.8) is 0 Å². The summed E-state index contributed by atoms with van der Waals surface area (Å²) >= 11 is 0. The van der Waals surface area contributed by atoms with Crippen molar-refractivity contribution in [1.29, 1.82) is 0 Å². The molecule has 0 fully saturated rings. The van der Waals surface area contributed by atoms with Gasteiger partial charge in [-0.25, -0.2) is 13.6 Å². The summed E-state index contributed by atoms with van der Waals surface area (Å²) in [6.07, 6.45) is 2.27. The number of anilines is 3. The van der Waals surface area contributed by atoms with Crippen LogP contribution in [0.3, 0.4) is 0 Å². The van der Waals surface area contributed by atoms with Crippen molar-refractivity contribution >= 4 is 27.5 Å². The van der Waals surface area contributed by atoms with Crippen molar-refractivity contribution in [3.8, 4) is 0 Å². The van der Waals surface area contributed by atoms with E-state index in [4.69, 9.17) is 5.14 Å². The van der Waals surface area contributed by atoms with Gasteiger partial charge in [0.25, 0.3) is 5.95 Å². The molecular weight excluding hydrogens is 376 g/mol. The number of para-hydroxylation sites is 1. The summed E-state index contributed by atoms with van der Waals surface area (Å²) in [6, 6.07) is 16.4. The van der Waals surface area contributed by atoms with Crippen molar-refractivity contribution in [2.45, 2.75) is 18.2 Å². The molecule has 9 heteroatoms. The normalized spacial score (nSPS) is 11.2. The highest BCUT2D eigenvalue weighted by atomic mass is 32.2. The summed E-state index contributed by atoms with van der Waals surface area (Å²) in [5.74, 6) is 1.15. The van der Waals surface area contributed by atoms with Gasteiger partial charge in [-0.3, -0.25) is 0 Å². The van der Waals surface area contributed by atoms with Gasteiger partial charge >= 0.3 is 0 Å². The van der Waals surface area contributed by atoms with Crippen LogP contribution in [0.2, 0.25) is 0 Å². The molecule has 0 bridgehead atoms. The summed E-state index contributed by atoms with van der Waals surface area (Å²) in [6.45, 7) is 3.36. The standard InChI is InChI=1S/C19H22N6O2S/c1-2-25(16-6-4-3-5-7-16)19-23-18(14-22-24-19)21-13-12-15-8-10-17(11-9-15)28(20,26)27/h3-11,14H,2,12-13H2,1H3,(H2,20,26,27)(H,21,23,24). The molecule has 0 unspecified atom stereocenters. The van der Waals surface area contributed by atoms with Crippen LogP contribution in [-0.4, -0.2) is 36.7 Å². The Morgan fingerprint density at radius 1 is 1.07 bits per heavy atom. The molecule has 0 radical (unpaired) electrons. The smallest absolute Gasteiger partial charge is 0.251 e. The Hall–Kier alpha value is -3.04. The number of hydrogen-bond donors (Lipinski definition) is 2. The fraction of sp³-hybridized carbons (Fsp3) is 0.211. The lowest BCUT2D eigenvalue weighted by Crippen LogP contribution is -2.20. The second-order valence-electron chi connectivity index (χ2n) is 6.09. The van der Waals surface area contributed by atoms with Crippen LogP contribution in [0, 0.1) is 0 Å². The molecule has 0 aliphatic heterocycles. The summed E-state index contributed by atoms with van der Waals surface area (Å²) in [5, 5.41) is 16.5. The first-order valence-electron chi connectivity index (χ1n) is 8.85. The number of nitrogens with one attached hydrogen (secondary N) is 1. The van der Waals surface area contributed by atoms with E-state index in [0.717, 1.165) is 11.3 Å². The van der Waals surface area contributed by atoms with Gasteiger partial charge in [0.1, 0.15) is 0 Å². The Kier molecular flexibility index (Phi) is 6.17. The van der Waals surface area contributed by atoms with E-state index >= 15 is 0 Å². The van der Waals surface area contributed by atoms with Crippen LogP contribution in [0.1, 0.15) is 12.5 Å². The highest BCUT2D eigenvalue weighted by Gasteiger charge is 2.11. The van der Waals surface area contributed by atoms with Crippen molar-refractivity contribution in [2.75, 3.05) is 23.3 Å². The van der Waals surface area contributed by atoms with Gasteiger partial charge in [0, 0.05) is 18.8 Å². The Balaban J connectivity index is 1.63. The lowest BCUT2D eigenvalue weighted by atomic mass is 10.1. The molecule has 0 atom stereocenters. The number of rotatable bonds is 8. The maximum atomic E-state index is 11.3. The van der Waals surface area contributed by atoms with Crippen LogP contribution < -0.4 is 15.4 Å². The van der Waals surface area contributed by atoms with Gasteiger partial charge in [-0.2, -0.15) is 10.1 Å². The van der Waals surface area contributed by atoms with Gasteiger partial charge in [0.05, 0.1) is 11.1 Å². The molecule has 0 aliphatic carbocycles. The number of benzene rings is 2. The predicted octanol–water partition coefficient (Wildman–Crippen LogP) is 2.33. The first kappa shape index (κ1) is 19.7. The molecule has 0 spiro atoms. The first-order valence-corrected chi connectivity index (χ1v) is 10.4. The van der Waals surface area contributed by atoms with Crippen molar-refractivity contribution in [1.82, 2.24) is 15.2 Å². The van der Waals surface area contributed by atoms with Crippen LogP contribution in [0.15, 0.2) is 65.7 Å². The SMILES string of the molecule is CCN(c1ccccc1)c1nncc(NCCc2ccc(S(N)(=O)=O)cc2)n1. The van der Waals surface area contributed by atoms with E-state index in [2.05, 4.69) is 20.5 Å². The third-order valence-electron chi connectivity index (χ3n) is 4.14. The van der Waals surface area contributed by atoms with E-state index in [-0.39, 0.29) is 4.90 Å². The van der Waals surface area contributed by atoms with Gasteiger partial charge in [0.2, 0.25) is 10.0 Å². The molecule has 146 valence electrons. The molecule has 1 aromatic heterocycles. The topological polar surface area (TPSA) is 114 Å². The molecule has 3 aromatic rings. The van der Waals surface area contributed by atoms with E-state index in [0.29, 0.717) is 31.3 Å². The fourth-order valence-electron chi connectivity index (χ4n) is 2.72. The Bertz CT molecular complexity index is 1010. The molecular formula is C19H22N6O2S. The summed E-state index contributed by atoms with van der Waals surface area (Å²) in [4.78, 5) is 6.63. The Morgan fingerprint density at radius 3 is 2.43 bits per heavy atom. The zero-order chi connectivity index (χ0) is 20.0. The van der Waals surface area contributed by atoms with Crippen molar-refractivity contribution in [3.05, 3.63) is 66.4 Å². The second kappa shape index (κ2) is 8.77. The van der Waals surface area contributed by atoms with Crippen molar-refractivity contribution < 1.29 is 8.42 Å². The fourth-order valence-corrected chi connectivity index (χ4v) is 3.24. The number of hydrogen-bond acceptors (Lipinski definition) is 7. The quantitative estimate of drug-likeness (QED) is 0.598. The first-order chi connectivity index (χ1) is 13.5. The molecule has 3 N–H and O–H groups in total. The summed E-state index contributed by atoms with van der Waals surface area (Å²) < 4.78 is 22.6.